The summed E-state index contributed by atoms with van der Waals surface area (Å²) in [5.41, 5.74) is 10.1. The van der Waals surface area contributed by atoms with Crippen LogP contribution in [0.5, 0.6) is 5.75 Å². The van der Waals surface area contributed by atoms with E-state index in [1.54, 1.807) is 6.07 Å². The van der Waals surface area contributed by atoms with E-state index in [0.29, 0.717) is 23.2 Å². The molecule has 2 nitrogen and oxygen atoms in total. The summed E-state index contributed by atoms with van der Waals surface area (Å²) in [5, 5.41) is 0.642. The number of aryl methyl sites for hydroxylation is 1. The molecule has 0 aromatic heterocycles. The van der Waals surface area contributed by atoms with Crippen LogP contribution >= 0.6 is 11.6 Å². The summed E-state index contributed by atoms with van der Waals surface area (Å²) in [7, 11) is 0. The van der Waals surface area contributed by atoms with Gasteiger partial charge in [-0.1, -0.05) is 37.6 Å². The minimum absolute atomic E-state index is 0.448. The Labute approximate surface area is 125 Å². The zero-order valence-corrected chi connectivity index (χ0v) is 12.9. The highest BCUT2D eigenvalue weighted by atomic mass is 35.5. The van der Waals surface area contributed by atoms with Crippen molar-refractivity contribution < 1.29 is 4.74 Å². The number of benzene rings is 2. The Morgan fingerprint density at radius 2 is 1.90 bits per heavy atom. The molecule has 0 aliphatic carbocycles. The monoisotopic (exact) mass is 289 g/mol. The van der Waals surface area contributed by atoms with Crippen LogP contribution in [0.3, 0.4) is 0 Å². The van der Waals surface area contributed by atoms with E-state index in [4.69, 9.17) is 22.1 Å². The fourth-order valence-electron chi connectivity index (χ4n) is 2.24. The third-order valence-electron chi connectivity index (χ3n) is 3.37. The topological polar surface area (TPSA) is 35.2 Å². The Balaban J connectivity index is 2.09. The van der Waals surface area contributed by atoms with Crippen molar-refractivity contribution in [1.82, 2.24) is 0 Å². The number of halogens is 1. The molecule has 0 amide bonds. The van der Waals surface area contributed by atoms with Gasteiger partial charge < -0.3 is 10.5 Å². The van der Waals surface area contributed by atoms with Crippen LogP contribution in [-0.4, -0.2) is 0 Å². The highest BCUT2D eigenvalue weighted by molar-refractivity contribution is 6.30. The van der Waals surface area contributed by atoms with Crippen molar-refractivity contribution in [2.24, 2.45) is 0 Å². The van der Waals surface area contributed by atoms with Gasteiger partial charge in [-0.15, -0.1) is 0 Å². The van der Waals surface area contributed by atoms with Gasteiger partial charge in [-0.2, -0.15) is 0 Å². The molecule has 3 heteroatoms. The Kier molecular flexibility index (Phi) is 4.56. The van der Waals surface area contributed by atoms with Crippen LogP contribution in [-0.2, 0) is 6.61 Å². The van der Waals surface area contributed by atoms with E-state index in [1.165, 1.54) is 11.1 Å². The van der Waals surface area contributed by atoms with Gasteiger partial charge in [0, 0.05) is 16.3 Å². The van der Waals surface area contributed by atoms with Gasteiger partial charge in [0.1, 0.15) is 12.4 Å². The number of hydrogen-bond acceptors (Lipinski definition) is 2. The van der Waals surface area contributed by atoms with Crippen LogP contribution in [0.4, 0.5) is 5.69 Å². The molecule has 0 spiro atoms. The van der Waals surface area contributed by atoms with Gasteiger partial charge in [0.2, 0.25) is 0 Å². The number of anilines is 1. The maximum atomic E-state index is 5.91. The van der Waals surface area contributed by atoms with E-state index in [0.717, 1.165) is 11.3 Å². The third kappa shape index (κ3) is 3.45. The molecule has 2 aromatic carbocycles. The minimum Gasteiger partial charge on any atom is -0.489 e. The maximum absolute atomic E-state index is 5.91. The summed E-state index contributed by atoms with van der Waals surface area (Å²) in [6.45, 7) is 6.94. The molecular weight excluding hydrogens is 270 g/mol. The summed E-state index contributed by atoms with van der Waals surface area (Å²) >= 11 is 5.88. The van der Waals surface area contributed by atoms with Gasteiger partial charge in [0.15, 0.2) is 0 Å². The van der Waals surface area contributed by atoms with Crippen LogP contribution in [0.25, 0.3) is 0 Å². The maximum Gasteiger partial charge on any atom is 0.120 e. The van der Waals surface area contributed by atoms with Crippen molar-refractivity contribution in [3.8, 4) is 5.75 Å². The van der Waals surface area contributed by atoms with Gasteiger partial charge in [0.05, 0.1) is 0 Å². The van der Waals surface area contributed by atoms with Crippen molar-refractivity contribution in [2.75, 3.05) is 5.73 Å². The number of hydrogen-bond donors (Lipinski definition) is 1. The standard InChI is InChI=1S/C17H20ClNO/c1-11(2)16-7-6-15(8-12(16)3)20-10-13-4-5-14(18)9-17(13)19/h4-9,11H,10,19H2,1-3H3. The SMILES string of the molecule is Cc1cc(OCc2ccc(Cl)cc2N)ccc1C(C)C. The molecule has 0 aliphatic rings. The van der Waals surface area contributed by atoms with Crippen LogP contribution < -0.4 is 10.5 Å². The van der Waals surface area contributed by atoms with E-state index in [1.807, 2.05) is 18.2 Å². The molecule has 0 heterocycles. The smallest absolute Gasteiger partial charge is 0.120 e. The van der Waals surface area contributed by atoms with E-state index in [2.05, 4.69) is 32.9 Å². The third-order valence-corrected chi connectivity index (χ3v) is 3.60. The Morgan fingerprint density at radius 3 is 2.50 bits per heavy atom. The fraction of sp³-hybridized carbons (Fsp3) is 0.294. The lowest BCUT2D eigenvalue weighted by atomic mass is 9.98. The van der Waals surface area contributed by atoms with Crippen LogP contribution in [0.1, 0.15) is 36.5 Å². The molecule has 0 atom stereocenters. The van der Waals surface area contributed by atoms with Crippen molar-refractivity contribution in [2.45, 2.75) is 33.3 Å². The molecule has 2 N–H and O–H groups in total. The molecule has 0 bridgehead atoms. The van der Waals surface area contributed by atoms with Crippen molar-refractivity contribution in [3.63, 3.8) is 0 Å². The Bertz CT molecular complexity index is 608. The summed E-state index contributed by atoms with van der Waals surface area (Å²) in [5.74, 6) is 1.39. The highest BCUT2D eigenvalue weighted by Gasteiger charge is 2.06. The van der Waals surface area contributed by atoms with E-state index in [9.17, 15) is 0 Å². The van der Waals surface area contributed by atoms with E-state index >= 15 is 0 Å². The van der Waals surface area contributed by atoms with Crippen LogP contribution in [0.15, 0.2) is 36.4 Å². The average molecular weight is 290 g/mol. The van der Waals surface area contributed by atoms with Crippen molar-refractivity contribution in [1.29, 1.82) is 0 Å². The Hall–Kier alpha value is -1.67. The molecule has 0 unspecified atom stereocenters. The first-order valence-corrected chi connectivity index (χ1v) is 7.12. The minimum atomic E-state index is 0.448. The molecule has 0 saturated heterocycles. The largest absolute Gasteiger partial charge is 0.489 e. The van der Waals surface area contributed by atoms with E-state index < -0.39 is 0 Å². The van der Waals surface area contributed by atoms with Crippen molar-refractivity contribution in [3.05, 3.63) is 58.1 Å². The molecule has 106 valence electrons. The summed E-state index contributed by atoms with van der Waals surface area (Å²) < 4.78 is 5.81. The molecule has 2 rings (SSSR count). The fourth-order valence-corrected chi connectivity index (χ4v) is 2.42. The molecule has 0 radical (unpaired) electrons. The lowest BCUT2D eigenvalue weighted by Crippen LogP contribution is -2.01. The van der Waals surface area contributed by atoms with Gasteiger partial charge >= 0.3 is 0 Å². The van der Waals surface area contributed by atoms with Crippen LogP contribution in [0.2, 0.25) is 5.02 Å². The average Bonchev–Trinajstić information content (AvgIpc) is 2.37. The zero-order chi connectivity index (χ0) is 14.7. The number of nitrogen functional groups attached to an aromatic ring is 1. The second-order valence-electron chi connectivity index (χ2n) is 5.30. The zero-order valence-electron chi connectivity index (χ0n) is 12.1. The van der Waals surface area contributed by atoms with Gasteiger partial charge in [-0.25, -0.2) is 0 Å². The second-order valence-corrected chi connectivity index (χ2v) is 5.74. The predicted molar refractivity (Wildman–Crippen MR) is 85.5 cm³/mol. The van der Waals surface area contributed by atoms with Gasteiger partial charge in [-0.05, 0) is 48.2 Å². The second kappa shape index (κ2) is 6.19. The summed E-state index contributed by atoms with van der Waals surface area (Å²) in [6, 6.07) is 11.7. The first kappa shape index (κ1) is 14.7. The van der Waals surface area contributed by atoms with Gasteiger partial charge in [0.25, 0.3) is 0 Å². The Morgan fingerprint density at radius 1 is 1.15 bits per heavy atom. The summed E-state index contributed by atoms with van der Waals surface area (Å²) in [4.78, 5) is 0. The lowest BCUT2D eigenvalue weighted by molar-refractivity contribution is 0.306. The van der Waals surface area contributed by atoms with Gasteiger partial charge in [-0.3, -0.25) is 0 Å². The quantitative estimate of drug-likeness (QED) is 0.810. The predicted octanol–water partition coefficient (Wildman–Crippen LogP) is 4.93. The highest BCUT2D eigenvalue weighted by Crippen LogP contribution is 2.25. The summed E-state index contributed by atoms with van der Waals surface area (Å²) in [6.07, 6.45) is 0. The lowest BCUT2D eigenvalue weighted by Gasteiger charge is -2.13. The molecule has 0 fully saturated rings. The molecule has 0 saturated carbocycles. The molecular formula is C17H20ClNO. The first-order valence-electron chi connectivity index (χ1n) is 6.74. The number of ether oxygens (including phenoxy) is 1. The molecule has 2 aromatic rings. The van der Waals surface area contributed by atoms with E-state index in [-0.39, 0.29) is 0 Å². The number of nitrogens with two attached hydrogens (primary N) is 1. The molecule has 0 aliphatic heterocycles. The normalized spacial score (nSPS) is 10.8. The molecule has 20 heavy (non-hydrogen) atoms. The van der Waals surface area contributed by atoms with Crippen molar-refractivity contribution >= 4 is 17.3 Å². The first-order chi connectivity index (χ1) is 9.47. The number of rotatable bonds is 4. The van der Waals surface area contributed by atoms with Crippen LogP contribution in [0, 0.1) is 6.92 Å².